The summed E-state index contributed by atoms with van der Waals surface area (Å²) in [6.07, 6.45) is 3.74. The molecule has 2 N–H and O–H groups in total. The van der Waals surface area contributed by atoms with E-state index in [1.807, 2.05) is 18.2 Å². The summed E-state index contributed by atoms with van der Waals surface area (Å²) in [5.74, 6) is 0.414. The first kappa shape index (κ1) is 10.4. The minimum absolute atomic E-state index is 0.397. The van der Waals surface area contributed by atoms with Crippen molar-refractivity contribution in [1.82, 2.24) is 4.98 Å². The predicted octanol–water partition coefficient (Wildman–Crippen LogP) is 2.72. The number of benzene rings is 1. The maximum Gasteiger partial charge on any atom is 0.417 e. The lowest BCUT2D eigenvalue weighted by Gasteiger charge is -2.13. The van der Waals surface area contributed by atoms with Gasteiger partial charge in [-0.25, -0.2) is 4.79 Å². The average Bonchev–Trinajstić information content (AvgIpc) is 2.83. The third-order valence-corrected chi connectivity index (χ3v) is 3.48. The van der Waals surface area contributed by atoms with E-state index in [0.29, 0.717) is 11.6 Å². The monoisotopic (exact) mass is 232 g/mol. The molecule has 0 spiro atoms. The number of fused-ring (bicyclic) bond motifs is 1. The highest BCUT2D eigenvalue weighted by atomic mass is 16.4. The first-order valence-electron chi connectivity index (χ1n) is 6.10. The molecule has 0 radical (unpaired) electrons. The van der Waals surface area contributed by atoms with Gasteiger partial charge in [0, 0.05) is 11.7 Å². The largest absolute Gasteiger partial charge is 0.417 e. The van der Waals surface area contributed by atoms with Crippen LogP contribution in [0.25, 0.3) is 11.1 Å². The van der Waals surface area contributed by atoms with Crippen molar-refractivity contribution in [3.8, 4) is 0 Å². The number of hydrogen-bond donors (Lipinski definition) is 2. The summed E-state index contributed by atoms with van der Waals surface area (Å²) >= 11 is 0. The molecule has 1 aromatic heterocycles. The lowest BCUT2D eigenvalue weighted by atomic mass is 10.1. The molecule has 0 amide bonds. The molecule has 0 aliphatic heterocycles. The highest BCUT2D eigenvalue weighted by Gasteiger charge is 2.20. The van der Waals surface area contributed by atoms with E-state index in [9.17, 15) is 4.79 Å². The molecule has 2 unspecified atom stereocenters. The molecule has 0 saturated heterocycles. The fourth-order valence-corrected chi connectivity index (χ4v) is 2.62. The summed E-state index contributed by atoms with van der Waals surface area (Å²) in [5.41, 5.74) is 2.42. The Kier molecular flexibility index (Phi) is 2.42. The van der Waals surface area contributed by atoms with E-state index < -0.39 is 5.76 Å². The third kappa shape index (κ3) is 2.07. The maximum atomic E-state index is 11.0. The second kappa shape index (κ2) is 3.95. The van der Waals surface area contributed by atoms with Crippen molar-refractivity contribution in [2.24, 2.45) is 5.92 Å². The van der Waals surface area contributed by atoms with Gasteiger partial charge in [0.15, 0.2) is 5.58 Å². The van der Waals surface area contributed by atoms with Crippen molar-refractivity contribution in [3.63, 3.8) is 0 Å². The van der Waals surface area contributed by atoms with Crippen LogP contribution in [0.5, 0.6) is 0 Å². The molecule has 1 saturated carbocycles. The van der Waals surface area contributed by atoms with E-state index >= 15 is 0 Å². The summed E-state index contributed by atoms with van der Waals surface area (Å²) in [5, 5.41) is 3.51. The van der Waals surface area contributed by atoms with Gasteiger partial charge in [0.1, 0.15) is 0 Å². The molecule has 17 heavy (non-hydrogen) atoms. The van der Waals surface area contributed by atoms with Crippen LogP contribution in [0, 0.1) is 5.92 Å². The molecular formula is C13H16N2O2. The molecule has 2 aromatic rings. The van der Waals surface area contributed by atoms with Crippen LogP contribution in [0.15, 0.2) is 27.4 Å². The van der Waals surface area contributed by atoms with E-state index in [-0.39, 0.29) is 0 Å². The van der Waals surface area contributed by atoms with E-state index in [2.05, 4.69) is 17.2 Å². The van der Waals surface area contributed by atoms with Gasteiger partial charge < -0.3 is 9.73 Å². The van der Waals surface area contributed by atoms with Crippen LogP contribution in [0.1, 0.15) is 26.2 Å². The molecule has 3 rings (SSSR count). The van der Waals surface area contributed by atoms with Crippen molar-refractivity contribution in [3.05, 3.63) is 28.7 Å². The summed E-state index contributed by atoms with van der Waals surface area (Å²) < 4.78 is 4.97. The first-order chi connectivity index (χ1) is 8.20. The molecule has 1 aliphatic rings. The van der Waals surface area contributed by atoms with Gasteiger partial charge in [-0.05, 0) is 43.4 Å². The SMILES string of the molecule is CC1CCC(Nc2ccc3oc(=O)[nH]c3c2)C1. The third-order valence-electron chi connectivity index (χ3n) is 3.48. The van der Waals surface area contributed by atoms with Gasteiger partial charge in [-0.1, -0.05) is 6.92 Å². The Morgan fingerprint density at radius 2 is 2.29 bits per heavy atom. The van der Waals surface area contributed by atoms with Crippen molar-refractivity contribution < 1.29 is 4.42 Å². The number of aromatic amines is 1. The van der Waals surface area contributed by atoms with Gasteiger partial charge in [0.05, 0.1) is 5.52 Å². The smallest absolute Gasteiger partial charge is 0.408 e. The molecule has 1 aromatic carbocycles. The maximum absolute atomic E-state index is 11.0. The van der Waals surface area contributed by atoms with Crippen molar-refractivity contribution in [1.29, 1.82) is 0 Å². The average molecular weight is 232 g/mol. The molecular weight excluding hydrogens is 216 g/mol. The number of H-pyrrole nitrogens is 1. The number of rotatable bonds is 2. The lowest BCUT2D eigenvalue weighted by molar-refractivity contribution is 0.555. The van der Waals surface area contributed by atoms with Crippen LogP contribution in [-0.4, -0.2) is 11.0 Å². The van der Waals surface area contributed by atoms with E-state index in [1.165, 1.54) is 19.3 Å². The number of nitrogens with one attached hydrogen (secondary N) is 2. The predicted molar refractivity (Wildman–Crippen MR) is 67.3 cm³/mol. The lowest BCUT2D eigenvalue weighted by Crippen LogP contribution is -2.14. The Bertz CT molecular complexity index is 584. The van der Waals surface area contributed by atoms with Gasteiger partial charge in [-0.15, -0.1) is 0 Å². The van der Waals surface area contributed by atoms with Gasteiger partial charge in [-0.2, -0.15) is 0 Å². The van der Waals surface area contributed by atoms with Crippen LogP contribution in [0.3, 0.4) is 0 Å². The standard InChI is InChI=1S/C13H16N2O2/c1-8-2-3-9(6-8)14-10-4-5-12-11(7-10)15-13(16)17-12/h4-5,7-9,14H,2-3,6H2,1H3,(H,15,16). The van der Waals surface area contributed by atoms with Crippen LogP contribution in [0.4, 0.5) is 5.69 Å². The van der Waals surface area contributed by atoms with Gasteiger partial charge >= 0.3 is 5.76 Å². The molecule has 90 valence electrons. The summed E-state index contributed by atoms with van der Waals surface area (Å²) in [6, 6.07) is 6.28. The fourth-order valence-electron chi connectivity index (χ4n) is 2.62. The molecule has 1 fully saturated rings. The Balaban J connectivity index is 1.83. The first-order valence-corrected chi connectivity index (χ1v) is 6.10. The van der Waals surface area contributed by atoms with E-state index in [0.717, 1.165) is 17.1 Å². The Morgan fingerprint density at radius 1 is 1.41 bits per heavy atom. The topological polar surface area (TPSA) is 58.0 Å². The van der Waals surface area contributed by atoms with Crippen LogP contribution >= 0.6 is 0 Å². The number of aromatic nitrogens is 1. The van der Waals surface area contributed by atoms with Crippen molar-refractivity contribution in [2.75, 3.05) is 5.32 Å². The normalized spacial score (nSPS) is 24.3. The zero-order valence-electron chi connectivity index (χ0n) is 9.82. The van der Waals surface area contributed by atoms with Crippen molar-refractivity contribution >= 4 is 16.8 Å². The van der Waals surface area contributed by atoms with Crippen LogP contribution in [-0.2, 0) is 0 Å². The number of anilines is 1. The van der Waals surface area contributed by atoms with Gasteiger partial charge in [0.25, 0.3) is 0 Å². The zero-order valence-corrected chi connectivity index (χ0v) is 9.82. The summed E-state index contributed by atoms with van der Waals surface area (Å²) in [6.45, 7) is 2.29. The highest BCUT2D eigenvalue weighted by molar-refractivity contribution is 5.76. The minimum atomic E-state index is -0.397. The number of oxazole rings is 1. The second-order valence-corrected chi connectivity index (χ2v) is 4.98. The second-order valence-electron chi connectivity index (χ2n) is 4.98. The Hall–Kier alpha value is -1.71. The van der Waals surface area contributed by atoms with Crippen LogP contribution in [0.2, 0.25) is 0 Å². The van der Waals surface area contributed by atoms with Crippen molar-refractivity contribution in [2.45, 2.75) is 32.2 Å². The Morgan fingerprint density at radius 3 is 3.06 bits per heavy atom. The fraction of sp³-hybridized carbons (Fsp3) is 0.462. The van der Waals surface area contributed by atoms with Gasteiger partial charge in [-0.3, -0.25) is 4.98 Å². The quantitative estimate of drug-likeness (QED) is 0.837. The molecule has 2 atom stereocenters. The number of hydrogen-bond acceptors (Lipinski definition) is 3. The molecule has 4 nitrogen and oxygen atoms in total. The zero-order chi connectivity index (χ0) is 11.8. The van der Waals surface area contributed by atoms with E-state index in [4.69, 9.17) is 4.42 Å². The molecule has 1 aliphatic carbocycles. The summed E-state index contributed by atoms with van der Waals surface area (Å²) in [7, 11) is 0. The summed E-state index contributed by atoms with van der Waals surface area (Å²) in [4.78, 5) is 13.7. The highest BCUT2D eigenvalue weighted by Crippen LogP contribution is 2.28. The molecule has 4 heteroatoms. The minimum Gasteiger partial charge on any atom is -0.408 e. The van der Waals surface area contributed by atoms with Crippen LogP contribution < -0.4 is 11.1 Å². The van der Waals surface area contributed by atoms with Gasteiger partial charge in [0.2, 0.25) is 0 Å². The van der Waals surface area contributed by atoms with E-state index in [1.54, 1.807) is 0 Å². The Labute approximate surface area is 99.0 Å². The molecule has 1 heterocycles. The molecule has 0 bridgehead atoms.